The first-order chi connectivity index (χ1) is 20.3. The predicted molar refractivity (Wildman–Crippen MR) is 128 cm³/mol. The normalized spacial score (nSPS) is 43.9. The highest BCUT2D eigenvalue weighted by atomic mass is 32.3. The molecule has 3 aliphatic heterocycles. The Labute approximate surface area is 250 Å². The lowest BCUT2D eigenvalue weighted by molar-refractivity contribution is -0.382. The standard InChI is InChI=1S/C20H36N2O20S2/c1-4-5-11(8(23)6(21)17(35-3)36-5)37-19-14(41-43(28,29)30)10(25)12(15(39-19)16(26)27)38-18-7(22)9(24)13(34-2)20(40-18)42-44(31,32)33/h5-15,17-20,23-25H,4,21-22H2,1-3H3,(H,26,27)(H,28,29,30)(H,31,32,33)/p-3/t5?,6-,7-,8-,9-,10?,11?,12+,13?,14?,15-,17?,18?,19+,20?/m1/s1. The van der Waals surface area contributed by atoms with Crippen molar-refractivity contribution in [2.45, 2.75) is 106 Å². The van der Waals surface area contributed by atoms with Crippen LogP contribution in [0.15, 0.2) is 0 Å². The van der Waals surface area contributed by atoms with Crippen LogP contribution < -0.4 is 16.6 Å². The first kappa shape index (κ1) is 37.2. The zero-order chi connectivity index (χ0) is 33.3. The van der Waals surface area contributed by atoms with E-state index in [4.69, 9.17) is 44.6 Å². The van der Waals surface area contributed by atoms with Crippen LogP contribution in [0.4, 0.5) is 0 Å². The van der Waals surface area contributed by atoms with Crippen molar-refractivity contribution in [1.29, 1.82) is 0 Å². The van der Waals surface area contributed by atoms with E-state index < -0.39 is 119 Å². The number of ether oxygens (including phenoxy) is 7. The highest BCUT2D eigenvalue weighted by Crippen LogP contribution is 2.34. The molecule has 15 atom stereocenters. The Hall–Kier alpha value is -1.27. The van der Waals surface area contributed by atoms with Gasteiger partial charge in [-0.2, -0.15) is 0 Å². The van der Waals surface area contributed by atoms with Gasteiger partial charge in [0.1, 0.15) is 42.7 Å². The number of carbonyl (C=O) groups excluding carboxylic acids is 1. The number of rotatable bonds is 12. The van der Waals surface area contributed by atoms with Crippen molar-refractivity contribution in [1.82, 2.24) is 0 Å². The molecule has 3 heterocycles. The van der Waals surface area contributed by atoms with E-state index in [2.05, 4.69) is 8.37 Å². The predicted octanol–water partition coefficient (Wildman–Crippen LogP) is -7.23. The number of nitrogens with two attached hydrogens (primary N) is 2. The van der Waals surface area contributed by atoms with Crippen molar-refractivity contribution in [3.8, 4) is 0 Å². The number of carboxylic acid groups (broad SMARTS) is 1. The Morgan fingerprint density at radius 3 is 1.77 bits per heavy atom. The van der Waals surface area contributed by atoms with E-state index >= 15 is 0 Å². The van der Waals surface area contributed by atoms with E-state index in [1.807, 2.05) is 0 Å². The third-order valence-corrected chi connectivity index (χ3v) is 7.87. The molecule has 0 amide bonds. The Kier molecular flexibility index (Phi) is 12.4. The maximum Gasteiger partial charge on any atom is 0.220 e. The number of aliphatic hydroxyl groups is 3. The number of hydrogen-bond donors (Lipinski definition) is 5. The summed E-state index contributed by atoms with van der Waals surface area (Å²) < 4.78 is 114. The molecule has 0 aromatic rings. The summed E-state index contributed by atoms with van der Waals surface area (Å²) in [4.78, 5) is 12.1. The van der Waals surface area contributed by atoms with Gasteiger partial charge in [-0.1, -0.05) is 6.92 Å². The minimum Gasteiger partial charge on any atom is -0.726 e. The van der Waals surface area contributed by atoms with E-state index in [-0.39, 0.29) is 6.42 Å². The van der Waals surface area contributed by atoms with Gasteiger partial charge in [-0.25, -0.2) is 21.0 Å². The van der Waals surface area contributed by atoms with Gasteiger partial charge in [0, 0.05) is 14.2 Å². The lowest BCUT2D eigenvalue weighted by Gasteiger charge is -2.49. The molecule has 3 saturated heterocycles. The van der Waals surface area contributed by atoms with Gasteiger partial charge < -0.3 is 79.0 Å². The number of hydrogen-bond acceptors (Lipinski definition) is 22. The van der Waals surface area contributed by atoms with Crippen LogP contribution in [0.25, 0.3) is 0 Å². The van der Waals surface area contributed by atoms with Crippen LogP contribution in [0, 0.1) is 0 Å². The van der Waals surface area contributed by atoms with Gasteiger partial charge in [0.25, 0.3) is 0 Å². The summed E-state index contributed by atoms with van der Waals surface area (Å²) in [5.41, 5.74) is 11.8. The van der Waals surface area contributed by atoms with Gasteiger partial charge in [0.15, 0.2) is 25.0 Å². The van der Waals surface area contributed by atoms with Crippen molar-refractivity contribution in [2.75, 3.05) is 14.2 Å². The Morgan fingerprint density at radius 1 is 0.727 bits per heavy atom. The van der Waals surface area contributed by atoms with Gasteiger partial charge in [-0.05, 0) is 6.42 Å². The average Bonchev–Trinajstić information content (AvgIpc) is 2.91. The Morgan fingerprint density at radius 2 is 1.27 bits per heavy atom. The molecule has 0 spiro atoms. The fourth-order valence-corrected chi connectivity index (χ4v) is 5.75. The number of aliphatic carboxylic acids is 1. The average molecular weight is 686 g/mol. The lowest BCUT2D eigenvalue weighted by atomic mass is 9.94. The minimum atomic E-state index is -5.70. The number of carboxylic acids is 1. The Bertz CT molecular complexity index is 1190. The van der Waals surface area contributed by atoms with Crippen molar-refractivity contribution in [3.05, 3.63) is 0 Å². The monoisotopic (exact) mass is 685 g/mol. The first-order valence-corrected chi connectivity index (χ1v) is 15.4. The second-order valence-electron chi connectivity index (χ2n) is 9.81. The van der Waals surface area contributed by atoms with Crippen LogP contribution in [-0.2, 0) is 67.1 Å². The van der Waals surface area contributed by atoms with Gasteiger partial charge in [-0.15, -0.1) is 0 Å². The van der Waals surface area contributed by atoms with Crippen LogP contribution in [0.1, 0.15) is 13.3 Å². The van der Waals surface area contributed by atoms with E-state index in [0.29, 0.717) is 0 Å². The summed E-state index contributed by atoms with van der Waals surface area (Å²) >= 11 is 0. The molecule has 3 aliphatic rings. The van der Waals surface area contributed by atoms with Crippen molar-refractivity contribution in [2.24, 2.45) is 11.5 Å². The van der Waals surface area contributed by atoms with Crippen LogP contribution >= 0.6 is 0 Å². The van der Waals surface area contributed by atoms with Gasteiger partial charge in [0.05, 0.1) is 24.2 Å². The highest BCUT2D eigenvalue weighted by molar-refractivity contribution is 7.81. The van der Waals surface area contributed by atoms with Gasteiger partial charge in [0.2, 0.25) is 27.1 Å². The topological polar surface area (TPSA) is 350 Å². The second kappa shape index (κ2) is 14.7. The summed E-state index contributed by atoms with van der Waals surface area (Å²) in [5.74, 6) is -2.12. The van der Waals surface area contributed by atoms with Crippen LogP contribution in [0.5, 0.6) is 0 Å². The quantitative estimate of drug-likeness (QED) is 0.0940. The van der Waals surface area contributed by atoms with Crippen molar-refractivity contribution < 1.29 is 92.7 Å². The van der Waals surface area contributed by atoms with Crippen LogP contribution in [0.3, 0.4) is 0 Å². The van der Waals surface area contributed by atoms with E-state index in [1.165, 1.54) is 7.11 Å². The van der Waals surface area contributed by atoms with Gasteiger partial charge >= 0.3 is 0 Å². The molecule has 24 heteroatoms. The molecule has 3 fully saturated rings. The largest absolute Gasteiger partial charge is 0.726 e. The molecule has 3 rings (SSSR count). The molecule has 258 valence electrons. The second-order valence-corrected chi connectivity index (χ2v) is 11.8. The van der Waals surface area contributed by atoms with E-state index in [1.54, 1.807) is 6.92 Å². The first-order valence-electron chi connectivity index (χ1n) is 12.7. The third kappa shape index (κ3) is 8.55. The maximum atomic E-state index is 12.1. The van der Waals surface area contributed by atoms with Crippen molar-refractivity contribution in [3.63, 3.8) is 0 Å². The molecular weight excluding hydrogens is 652 g/mol. The Balaban J connectivity index is 1.94. The minimum absolute atomic E-state index is 0.120. The molecule has 44 heavy (non-hydrogen) atoms. The summed E-state index contributed by atoms with van der Waals surface area (Å²) in [6.45, 7) is 1.59. The van der Waals surface area contributed by atoms with Crippen LogP contribution in [0.2, 0.25) is 0 Å². The molecule has 7 N–H and O–H groups in total. The van der Waals surface area contributed by atoms with E-state index in [0.717, 1.165) is 7.11 Å². The SMILES string of the molecule is CCC1OC(OC)[C@H](N)[C@@H](O)C1O[C@H]1O[C@@H](C(=O)[O-])[C@@H](OC2OC(OS(=O)(=O)[O-])C(OC)[C@H](O)[C@H]2N)C(O)C1OS(=O)(=O)[O-]. The highest BCUT2D eigenvalue weighted by Gasteiger charge is 2.55. The number of carbonyl (C=O) groups is 1. The fourth-order valence-electron chi connectivity index (χ4n) is 4.88. The molecule has 0 aromatic carbocycles. The third-order valence-electron chi connectivity index (χ3n) is 6.99. The zero-order valence-corrected chi connectivity index (χ0v) is 24.8. The molecule has 8 unspecified atom stereocenters. The summed E-state index contributed by atoms with van der Waals surface area (Å²) in [5, 5.41) is 44.4. The molecular formula is C20H33N2O20S2-3. The summed E-state index contributed by atoms with van der Waals surface area (Å²) in [7, 11) is -8.99. The molecule has 0 bridgehead atoms. The summed E-state index contributed by atoms with van der Waals surface area (Å²) in [6.07, 6.45) is -25.0. The molecule has 0 saturated carbocycles. The molecule has 22 nitrogen and oxygen atoms in total. The van der Waals surface area contributed by atoms with Crippen LogP contribution in [-0.4, -0.2) is 154 Å². The zero-order valence-electron chi connectivity index (χ0n) is 23.1. The molecule has 0 aliphatic carbocycles. The number of methoxy groups -OCH3 is 2. The van der Waals surface area contributed by atoms with E-state index in [9.17, 15) is 51.2 Å². The molecule has 0 aromatic heterocycles. The number of aliphatic hydroxyl groups excluding tert-OH is 3. The summed E-state index contributed by atoms with van der Waals surface area (Å²) in [6, 6.07) is -2.98. The fraction of sp³-hybridized carbons (Fsp3) is 0.950. The molecule has 0 radical (unpaired) electrons. The maximum absolute atomic E-state index is 12.1. The van der Waals surface area contributed by atoms with Gasteiger partial charge in [-0.3, -0.25) is 4.18 Å². The lowest BCUT2D eigenvalue weighted by Crippen LogP contribution is -2.69. The van der Waals surface area contributed by atoms with Crippen molar-refractivity contribution >= 4 is 26.8 Å². The smallest absolute Gasteiger partial charge is 0.220 e.